The number of benzene rings is 2. The first-order chi connectivity index (χ1) is 9.08. The second kappa shape index (κ2) is 6.21. The van der Waals surface area contributed by atoms with Crippen LogP contribution in [0.15, 0.2) is 51.8 Å². The van der Waals surface area contributed by atoms with Crippen LogP contribution in [0.4, 0.5) is 5.69 Å². The van der Waals surface area contributed by atoms with Crippen molar-refractivity contribution in [2.24, 2.45) is 0 Å². The Hall–Kier alpha value is -1.33. The molecule has 2 aromatic carbocycles. The zero-order valence-electron chi connectivity index (χ0n) is 10.4. The summed E-state index contributed by atoms with van der Waals surface area (Å²) in [6.07, 6.45) is 0. The summed E-state index contributed by atoms with van der Waals surface area (Å²) < 4.78 is 18.4. The Morgan fingerprint density at radius 3 is 2.74 bits per heavy atom. The van der Waals surface area contributed by atoms with Crippen molar-refractivity contribution < 1.29 is 8.95 Å². The third-order valence-corrected chi connectivity index (χ3v) is 4.45. The second-order valence-electron chi connectivity index (χ2n) is 4.06. The number of ether oxygens (including phenoxy) is 1. The van der Waals surface area contributed by atoms with Gasteiger partial charge in [0.2, 0.25) is 0 Å². The summed E-state index contributed by atoms with van der Waals surface area (Å²) in [6.45, 7) is 0. The van der Waals surface area contributed by atoms with Crippen LogP contribution in [-0.2, 0) is 16.6 Å². The molecule has 0 saturated heterocycles. The van der Waals surface area contributed by atoms with Crippen molar-refractivity contribution in [2.45, 2.75) is 10.6 Å². The van der Waals surface area contributed by atoms with Crippen molar-refractivity contribution in [1.29, 1.82) is 0 Å². The van der Waals surface area contributed by atoms with Gasteiger partial charge in [0.1, 0.15) is 5.75 Å². The molecule has 0 aromatic heterocycles. The van der Waals surface area contributed by atoms with Crippen molar-refractivity contribution >= 4 is 32.4 Å². The third-order valence-electron chi connectivity index (χ3n) is 2.58. The minimum Gasteiger partial charge on any atom is -0.497 e. The van der Waals surface area contributed by atoms with Gasteiger partial charge in [0.05, 0.1) is 23.7 Å². The lowest BCUT2D eigenvalue weighted by Gasteiger charge is -2.07. The van der Waals surface area contributed by atoms with Crippen molar-refractivity contribution in [2.75, 3.05) is 12.8 Å². The first-order valence-electron chi connectivity index (χ1n) is 5.66. The van der Waals surface area contributed by atoms with Gasteiger partial charge in [-0.15, -0.1) is 0 Å². The molecule has 2 N–H and O–H groups in total. The van der Waals surface area contributed by atoms with Crippen molar-refractivity contribution in [3.8, 4) is 5.75 Å². The largest absolute Gasteiger partial charge is 0.497 e. The molecule has 100 valence electrons. The highest BCUT2D eigenvalue weighted by Crippen LogP contribution is 2.22. The molecule has 5 heteroatoms. The van der Waals surface area contributed by atoms with Gasteiger partial charge >= 0.3 is 0 Å². The smallest absolute Gasteiger partial charge is 0.121 e. The SMILES string of the molecule is COc1cc(N)cc(CS(=O)c2cccc(Br)c2)c1. The normalized spacial score (nSPS) is 12.1. The van der Waals surface area contributed by atoms with Crippen LogP contribution in [0.5, 0.6) is 5.75 Å². The van der Waals surface area contributed by atoms with Crippen LogP contribution in [-0.4, -0.2) is 11.3 Å². The number of hydrogen-bond acceptors (Lipinski definition) is 3. The summed E-state index contributed by atoms with van der Waals surface area (Å²) >= 11 is 3.38. The van der Waals surface area contributed by atoms with Crippen molar-refractivity contribution in [1.82, 2.24) is 0 Å². The lowest BCUT2D eigenvalue weighted by molar-refractivity contribution is 0.414. The number of nitrogens with two attached hydrogens (primary N) is 1. The standard InChI is InChI=1S/C14H14BrNO2S/c1-18-13-6-10(5-12(16)8-13)9-19(17)14-4-2-3-11(15)7-14/h2-8H,9,16H2,1H3. The first-order valence-corrected chi connectivity index (χ1v) is 7.77. The lowest BCUT2D eigenvalue weighted by Crippen LogP contribution is -1.98. The number of anilines is 1. The summed E-state index contributed by atoms with van der Waals surface area (Å²) in [5.41, 5.74) is 7.30. The van der Waals surface area contributed by atoms with Crippen LogP contribution >= 0.6 is 15.9 Å². The zero-order valence-corrected chi connectivity index (χ0v) is 12.8. The first kappa shape index (κ1) is 14.1. The van der Waals surface area contributed by atoms with Crippen LogP contribution in [0.25, 0.3) is 0 Å². The summed E-state index contributed by atoms with van der Waals surface area (Å²) in [6, 6.07) is 12.9. The molecule has 0 heterocycles. The molecule has 0 bridgehead atoms. The van der Waals surface area contributed by atoms with Crippen LogP contribution in [0.2, 0.25) is 0 Å². The second-order valence-corrected chi connectivity index (χ2v) is 6.43. The van der Waals surface area contributed by atoms with Gasteiger partial charge < -0.3 is 10.5 Å². The quantitative estimate of drug-likeness (QED) is 0.869. The predicted molar refractivity (Wildman–Crippen MR) is 81.7 cm³/mol. The zero-order chi connectivity index (χ0) is 13.8. The minimum atomic E-state index is -1.10. The van der Waals surface area contributed by atoms with Crippen molar-refractivity contribution in [3.63, 3.8) is 0 Å². The Morgan fingerprint density at radius 1 is 1.26 bits per heavy atom. The molecule has 3 nitrogen and oxygen atoms in total. The Labute approximate surface area is 123 Å². The van der Waals surface area contributed by atoms with Gasteiger partial charge in [0, 0.05) is 21.1 Å². The Morgan fingerprint density at radius 2 is 2.05 bits per heavy atom. The molecule has 2 rings (SSSR count). The molecule has 0 spiro atoms. The van der Waals surface area contributed by atoms with E-state index in [1.165, 1.54) is 0 Å². The van der Waals surface area contributed by atoms with E-state index in [2.05, 4.69) is 15.9 Å². The minimum absolute atomic E-state index is 0.415. The van der Waals surface area contributed by atoms with E-state index in [0.717, 1.165) is 14.9 Å². The summed E-state index contributed by atoms with van der Waals surface area (Å²) in [5, 5.41) is 0. The molecule has 0 amide bonds. The van der Waals surface area contributed by atoms with Gasteiger partial charge in [-0.25, -0.2) is 0 Å². The van der Waals surface area contributed by atoms with Gasteiger partial charge in [-0.1, -0.05) is 22.0 Å². The molecule has 19 heavy (non-hydrogen) atoms. The van der Waals surface area contributed by atoms with Crippen LogP contribution in [0.1, 0.15) is 5.56 Å². The summed E-state index contributed by atoms with van der Waals surface area (Å²) in [7, 11) is 0.483. The van der Waals surface area contributed by atoms with E-state index in [9.17, 15) is 4.21 Å². The third kappa shape index (κ3) is 3.81. The fraction of sp³-hybridized carbons (Fsp3) is 0.143. The molecule has 2 aromatic rings. The molecule has 0 fully saturated rings. The molecule has 0 radical (unpaired) electrons. The molecule has 1 unspecified atom stereocenters. The maximum Gasteiger partial charge on any atom is 0.121 e. The maximum absolute atomic E-state index is 12.3. The molecular weight excluding hydrogens is 326 g/mol. The number of halogens is 1. The molecule has 0 aliphatic heterocycles. The Balaban J connectivity index is 2.21. The van der Waals surface area contributed by atoms with E-state index < -0.39 is 10.8 Å². The molecule has 0 saturated carbocycles. The highest BCUT2D eigenvalue weighted by atomic mass is 79.9. The summed E-state index contributed by atoms with van der Waals surface area (Å²) in [5.74, 6) is 1.10. The average molecular weight is 340 g/mol. The number of methoxy groups -OCH3 is 1. The number of hydrogen-bond donors (Lipinski definition) is 1. The van der Waals surface area contributed by atoms with E-state index in [4.69, 9.17) is 10.5 Å². The van der Waals surface area contributed by atoms with Crippen LogP contribution in [0.3, 0.4) is 0 Å². The van der Waals surface area contributed by atoms with Crippen molar-refractivity contribution in [3.05, 3.63) is 52.5 Å². The van der Waals surface area contributed by atoms with E-state index in [0.29, 0.717) is 17.2 Å². The molecular formula is C14H14BrNO2S. The van der Waals surface area contributed by atoms with Crippen LogP contribution < -0.4 is 10.5 Å². The summed E-state index contributed by atoms with van der Waals surface area (Å²) in [4.78, 5) is 0.788. The fourth-order valence-corrected chi connectivity index (χ4v) is 3.41. The van der Waals surface area contributed by atoms with E-state index in [1.54, 1.807) is 13.2 Å². The number of nitrogen functional groups attached to an aromatic ring is 1. The fourth-order valence-electron chi connectivity index (χ4n) is 1.73. The molecule has 0 aliphatic rings. The van der Waals surface area contributed by atoms with Gasteiger partial charge in [-0.05, 0) is 35.9 Å². The van der Waals surface area contributed by atoms with Gasteiger partial charge in [0.25, 0.3) is 0 Å². The highest BCUT2D eigenvalue weighted by molar-refractivity contribution is 9.10. The highest BCUT2D eigenvalue weighted by Gasteiger charge is 2.07. The van der Waals surface area contributed by atoms with Gasteiger partial charge in [0.15, 0.2) is 0 Å². The van der Waals surface area contributed by atoms with Gasteiger partial charge in [-0.2, -0.15) is 0 Å². The maximum atomic E-state index is 12.3. The van der Waals surface area contributed by atoms with E-state index >= 15 is 0 Å². The Bertz CT molecular complexity index is 616. The molecule has 1 atom stereocenters. The predicted octanol–water partition coefficient (Wildman–Crippen LogP) is 3.35. The Kier molecular flexibility index (Phi) is 4.61. The average Bonchev–Trinajstić information content (AvgIpc) is 2.38. The van der Waals surface area contributed by atoms with E-state index in [-0.39, 0.29) is 0 Å². The van der Waals surface area contributed by atoms with E-state index in [1.807, 2.05) is 36.4 Å². The number of rotatable bonds is 4. The van der Waals surface area contributed by atoms with Crippen LogP contribution in [0, 0.1) is 0 Å². The topological polar surface area (TPSA) is 52.3 Å². The van der Waals surface area contributed by atoms with Gasteiger partial charge in [-0.3, -0.25) is 4.21 Å². The molecule has 0 aliphatic carbocycles. The lowest BCUT2D eigenvalue weighted by atomic mass is 10.2. The monoisotopic (exact) mass is 339 g/mol.